The van der Waals surface area contributed by atoms with E-state index in [-0.39, 0.29) is 0 Å². The Morgan fingerprint density at radius 1 is 0.706 bits per heavy atom. The van der Waals surface area contributed by atoms with Crippen molar-refractivity contribution in [3.63, 3.8) is 0 Å². The van der Waals surface area contributed by atoms with Crippen LogP contribution in [0.25, 0.3) is 0 Å². The van der Waals surface area contributed by atoms with Crippen LogP contribution in [-0.4, -0.2) is 54.2 Å². The second kappa shape index (κ2) is 12.0. The van der Waals surface area contributed by atoms with E-state index in [9.17, 15) is 0 Å². The lowest BCUT2D eigenvalue weighted by Crippen LogP contribution is -2.28. The zero-order chi connectivity index (χ0) is 13.0. The van der Waals surface area contributed by atoms with Gasteiger partial charge in [0.25, 0.3) is 0 Å². The van der Waals surface area contributed by atoms with Crippen molar-refractivity contribution >= 4 is 35.3 Å². The molecule has 0 amide bonds. The van der Waals surface area contributed by atoms with Crippen molar-refractivity contribution < 1.29 is 0 Å². The molecule has 0 aromatic heterocycles. The van der Waals surface area contributed by atoms with Crippen molar-refractivity contribution in [3.05, 3.63) is 0 Å². The van der Waals surface area contributed by atoms with Crippen LogP contribution < -0.4 is 17.2 Å². The summed E-state index contributed by atoms with van der Waals surface area (Å²) in [5.74, 6) is 6.70. The lowest BCUT2D eigenvalue weighted by Gasteiger charge is -2.28. The Morgan fingerprint density at radius 2 is 1.00 bits per heavy atom. The van der Waals surface area contributed by atoms with E-state index in [2.05, 4.69) is 6.92 Å². The standard InChI is InChI=1S/C11H27N3S3/c1-11(8-15-5-2-12,9-16-6-3-13)10-17-7-4-14/h2-10,12-14H2,1H3. The highest BCUT2D eigenvalue weighted by Crippen LogP contribution is 2.30. The molecule has 0 aliphatic heterocycles. The Kier molecular flexibility index (Phi) is 12.6. The first-order chi connectivity index (χ1) is 8.18. The summed E-state index contributed by atoms with van der Waals surface area (Å²) in [6, 6.07) is 0. The molecule has 0 saturated carbocycles. The molecule has 0 radical (unpaired) electrons. The van der Waals surface area contributed by atoms with Crippen LogP contribution in [-0.2, 0) is 0 Å². The molecule has 0 rings (SSSR count). The number of nitrogens with two attached hydrogens (primary N) is 3. The summed E-state index contributed by atoms with van der Waals surface area (Å²) in [5.41, 5.74) is 17.0. The molecule has 104 valence electrons. The Labute approximate surface area is 119 Å². The van der Waals surface area contributed by atoms with Crippen LogP contribution in [0, 0.1) is 5.41 Å². The molecule has 0 aromatic rings. The van der Waals surface area contributed by atoms with Gasteiger partial charge < -0.3 is 17.2 Å². The summed E-state index contributed by atoms with van der Waals surface area (Å²) in [4.78, 5) is 0. The predicted molar refractivity (Wildman–Crippen MR) is 87.2 cm³/mol. The average molecular weight is 298 g/mol. The van der Waals surface area contributed by atoms with E-state index in [1.807, 2.05) is 35.3 Å². The molecule has 17 heavy (non-hydrogen) atoms. The fourth-order valence-corrected chi connectivity index (χ4v) is 4.74. The van der Waals surface area contributed by atoms with Gasteiger partial charge in [0.05, 0.1) is 0 Å². The zero-order valence-corrected chi connectivity index (χ0v) is 13.3. The molecule has 0 heterocycles. The Morgan fingerprint density at radius 3 is 1.24 bits per heavy atom. The Hall–Kier alpha value is 0.930. The monoisotopic (exact) mass is 297 g/mol. The third-order valence-corrected chi connectivity index (χ3v) is 6.41. The summed E-state index contributed by atoms with van der Waals surface area (Å²) in [5, 5.41) is 0. The molecule has 0 unspecified atom stereocenters. The molecule has 0 aliphatic carbocycles. The van der Waals surface area contributed by atoms with Crippen molar-refractivity contribution in [2.75, 3.05) is 54.2 Å². The first kappa shape index (κ1) is 17.9. The summed E-state index contributed by atoms with van der Waals surface area (Å²) < 4.78 is 0. The molecule has 3 nitrogen and oxygen atoms in total. The van der Waals surface area contributed by atoms with Crippen molar-refractivity contribution in [1.82, 2.24) is 0 Å². The van der Waals surface area contributed by atoms with Crippen molar-refractivity contribution in [2.45, 2.75) is 6.92 Å². The van der Waals surface area contributed by atoms with Crippen LogP contribution in [0.1, 0.15) is 6.92 Å². The van der Waals surface area contributed by atoms with Gasteiger partial charge in [-0.2, -0.15) is 35.3 Å². The van der Waals surface area contributed by atoms with Crippen LogP contribution in [0.15, 0.2) is 0 Å². The quantitative estimate of drug-likeness (QED) is 0.468. The predicted octanol–water partition coefficient (Wildman–Crippen LogP) is 1.07. The molecular formula is C11H27N3S3. The lowest BCUT2D eigenvalue weighted by molar-refractivity contribution is 0.504. The van der Waals surface area contributed by atoms with E-state index >= 15 is 0 Å². The molecule has 0 bridgehead atoms. The van der Waals surface area contributed by atoms with Gasteiger partial charge in [0.1, 0.15) is 0 Å². The van der Waals surface area contributed by atoms with Gasteiger partial charge in [-0.3, -0.25) is 0 Å². The van der Waals surface area contributed by atoms with Gasteiger partial charge in [-0.1, -0.05) is 6.92 Å². The lowest BCUT2D eigenvalue weighted by atomic mass is 9.99. The first-order valence-corrected chi connectivity index (χ1v) is 9.48. The fraction of sp³-hybridized carbons (Fsp3) is 1.00. The molecule has 0 saturated heterocycles. The van der Waals surface area contributed by atoms with Crippen LogP contribution in [0.3, 0.4) is 0 Å². The first-order valence-electron chi connectivity index (χ1n) is 6.02. The molecule has 0 spiro atoms. The second-order valence-electron chi connectivity index (χ2n) is 4.33. The van der Waals surface area contributed by atoms with Gasteiger partial charge in [0, 0.05) is 54.2 Å². The number of thioether (sulfide) groups is 3. The van der Waals surface area contributed by atoms with E-state index in [0.29, 0.717) is 5.41 Å². The van der Waals surface area contributed by atoms with E-state index < -0.39 is 0 Å². The summed E-state index contributed by atoms with van der Waals surface area (Å²) >= 11 is 5.89. The molecule has 0 fully saturated rings. The third-order valence-electron chi connectivity index (χ3n) is 2.14. The van der Waals surface area contributed by atoms with E-state index in [1.54, 1.807) is 0 Å². The van der Waals surface area contributed by atoms with Gasteiger partial charge in [-0.15, -0.1) is 0 Å². The maximum absolute atomic E-state index is 5.54. The number of hydrogen-bond acceptors (Lipinski definition) is 6. The highest BCUT2D eigenvalue weighted by atomic mass is 32.2. The molecule has 0 aliphatic rings. The maximum Gasteiger partial charge on any atom is 0.00560 e. The number of rotatable bonds is 12. The van der Waals surface area contributed by atoms with Crippen LogP contribution >= 0.6 is 35.3 Å². The zero-order valence-electron chi connectivity index (χ0n) is 10.8. The Bertz CT molecular complexity index is 144. The fourth-order valence-electron chi connectivity index (χ4n) is 1.33. The second-order valence-corrected chi connectivity index (χ2v) is 7.65. The van der Waals surface area contributed by atoms with Crippen molar-refractivity contribution in [2.24, 2.45) is 22.6 Å². The molecular weight excluding hydrogens is 270 g/mol. The van der Waals surface area contributed by atoms with E-state index in [1.165, 1.54) is 17.3 Å². The summed E-state index contributed by atoms with van der Waals surface area (Å²) in [6.07, 6.45) is 0. The topological polar surface area (TPSA) is 78.1 Å². The van der Waals surface area contributed by atoms with E-state index in [0.717, 1.165) is 36.9 Å². The minimum Gasteiger partial charge on any atom is -0.330 e. The van der Waals surface area contributed by atoms with Gasteiger partial charge in [0.2, 0.25) is 0 Å². The maximum atomic E-state index is 5.54. The summed E-state index contributed by atoms with van der Waals surface area (Å²) in [7, 11) is 0. The third kappa shape index (κ3) is 10.5. The number of hydrogen-bond donors (Lipinski definition) is 3. The highest BCUT2D eigenvalue weighted by molar-refractivity contribution is 8.01. The van der Waals surface area contributed by atoms with Gasteiger partial charge in [-0.05, 0) is 5.41 Å². The minimum absolute atomic E-state index is 0.375. The molecule has 6 heteroatoms. The van der Waals surface area contributed by atoms with Crippen LogP contribution in [0.4, 0.5) is 0 Å². The van der Waals surface area contributed by atoms with Crippen LogP contribution in [0.5, 0.6) is 0 Å². The molecule has 6 N–H and O–H groups in total. The van der Waals surface area contributed by atoms with E-state index in [4.69, 9.17) is 17.2 Å². The van der Waals surface area contributed by atoms with Crippen LogP contribution in [0.2, 0.25) is 0 Å². The van der Waals surface area contributed by atoms with Gasteiger partial charge >= 0.3 is 0 Å². The Balaban J connectivity index is 3.95. The van der Waals surface area contributed by atoms with Gasteiger partial charge in [-0.25, -0.2) is 0 Å². The van der Waals surface area contributed by atoms with Crippen molar-refractivity contribution in [3.8, 4) is 0 Å². The highest BCUT2D eigenvalue weighted by Gasteiger charge is 2.24. The molecule has 0 aromatic carbocycles. The normalized spacial score (nSPS) is 12.0. The van der Waals surface area contributed by atoms with Gasteiger partial charge in [0.15, 0.2) is 0 Å². The molecule has 0 atom stereocenters. The smallest absolute Gasteiger partial charge is 0.00560 e. The summed E-state index contributed by atoms with van der Waals surface area (Å²) in [6.45, 7) is 4.68. The average Bonchev–Trinajstić information content (AvgIpc) is 2.30. The minimum atomic E-state index is 0.375. The largest absolute Gasteiger partial charge is 0.330 e. The van der Waals surface area contributed by atoms with Crippen molar-refractivity contribution in [1.29, 1.82) is 0 Å². The SMILES string of the molecule is CC(CSCCN)(CSCCN)CSCCN.